The Hall–Kier alpha value is -1.82. The molecule has 1 aliphatic carbocycles. The van der Waals surface area contributed by atoms with Crippen molar-refractivity contribution in [3.8, 4) is 5.88 Å². The summed E-state index contributed by atoms with van der Waals surface area (Å²) in [6.45, 7) is 2.07. The average molecular weight is 277 g/mol. The molecule has 0 radical (unpaired) electrons. The molecule has 1 aromatic rings. The summed E-state index contributed by atoms with van der Waals surface area (Å²) in [7, 11) is 0. The average Bonchev–Trinajstić information content (AvgIpc) is 3.13. The van der Waals surface area contributed by atoms with Gasteiger partial charge in [-0.25, -0.2) is 4.98 Å². The molecule has 0 spiro atoms. The standard InChI is InChI=1S/C14H19N3O3/c15-13(17-18)11-6-10-2-1-3-12(10)16-14(11)20-8-9-4-5-19-7-9/h6,9,18H,1-5,7-8H2,(H2,15,17). The van der Waals surface area contributed by atoms with Crippen LogP contribution in [-0.4, -0.2) is 35.8 Å². The molecule has 2 aliphatic rings. The zero-order chi connectivity index (χ0) is 13.9. The van der Waals surface area contributed by atoms with Crippen LogP contribution in [0.15, 0.2) is 11.2 Å². The second kappa shape index (κ2) is 5.66. The molecular weight excluding hydrogens is 258 g/mol. The SMILES string of the molecule is NC(=NO)c1cc2c(nc1OCC1CCOC1)CCC2. The van der Waals surface area contributed by atoms with Gasteiger partial charge in [-0.3, -0.25) is 0 Å². The number of aromatic nitrogens is 1. The summed E-state index contributed by atoms with van der Waals surface area (Å²) in [4.78, 5) is 4.55. The van der Waals surface area contributed by atoms with Crippen LogP contribution in [0.2, 0.25) is 0 Å². The molecule has 1 saturated heterocycles. The topological polar surface area (TPSA) is 90.0 Å². The molecule has 0 amide bonds. The van der Waals surface area contributed by atoms with Crippen LogP contribution in [0.4, 0.5) is 0 Å². The van der Waals surface area contributed by atoms with Gasteiger partial charge in [0.05, 0.1) is 18.8 Å². The summed E-state index contributed by atoms with van der Waals surface area (Å²) in [5.74, 6) is 0.905. The number of ether oxygens (including phenoxy) is 2. The third-order valence-corrected chi connectivity index (χ3v) is 3.88. The maximum absolute atomic E-state index is 8.90. The van der Waals surface area contributed by atoms with E-state index in [2.05, 4.69) is 10.1 Å². The third kappa shape index (κ3) is 2.56. The number of nitrogens with zero attached hydrogens (tertiary/aromatic N) is 2. The zero-order valence-electron chi connectivity index (χ0n) is 11.3. The summed E-state index contributed by atoms with van der Waals surface area (Å²) in [6.07, 6.45) is 4.06. The van der Waals surface area contributed by atoms with Crippen LogP contribution in [0.25, 0.3) is 0 Å². The van der Waals surface area contributed by atoms with Crippen LogP contribution >= 0.6 is 0 Å². The van der Waals surface area contributed by atoms with Crippen LogP contribution in [0.3, 0.4) is 0 Å². The summed E-state index contributed by atoms with van der Waals surface area (Å²) >= 11 is 0. The number of hydrogen-bond donors (Lipinski definition) is 2. The minimum atomic E-state index is 0.0462. The van der Waals surface area contributed by atoms with E-state index >= 15 is 0 Å². The van der Waals surface area contributed by atoms with Crippen molar-refractivity contribution < 1.29 is 14.7 Å². The largest absolute Gasteiger partial charge is 0.477 e. The molecule has 0 aromatic carbocycles. The second-order valence-electron chi connectivity index (χ2n) is 5.33. The molecule has 108 valence electrons. The quantitative estimate of drug-likeness (QED) is 0.372. The van der Waals surface area contributed by atoms with E-state index in [1.54, 1.807) is 0 Å². The van der Waals surface area contributed by atoms with Crippen molar-refractivity contribution in [2.45, 2.75) is 25.7 Å². The zero-order valence-corrected chi connectivity index (χ0v) is 11.3. The molecule has 1 aliphatic heterocycles. The third-order valence-electron chi connectivity index (χ3n) is 3.88. The van der Waals surface area contributed by atoms with Gasteiger partial charge in [0, 0.05) is 18.2 Å². The van der Waals surface area contributed by atoms with Crippen molar-refractivity contribution in [1.29, 1.82) is 0 Å². The van der Waals surface area contributed by atoms with Gasteiger partial charge in [-0.15, -0.1) is 0 Å². The summed E-state index contributed by atoms with van der Waals surface area (Å²) < 4.78 is 11.1. The van der Waals surface area contributed by atoms with E-state index in [1.807, 2.05) is 6.07 Å². The van der Waals surface area contributed by atoms with E-state index in [-0.39, 0.29) is 5.84 Å². The second-order valence-corrected chi connectivity index (χ2v) is 5.33. The molecule has 1 atom stereocenters. The number of fused-ring (bicyclic) bond motifs is 1. The van der Waals surface area contributed by atoms with Crippen LogP contribution in [0, 0.1) is 5.92 Å². The Morgan fingerprint density at radius 1 is 1.55 bits per heavy atom. The molecule has 1 aromatic heterocycles. The number of hydrogen-bond acceptors (Lipinski definition) is 5. The first-order valence-corrected chi connectivity index (χ1v) is 6.99. The first kappa shape index (κ1) is 13.2. The predicted octanol–water partition coefficient (Wildman–Crippen LogP) is 1.08. The first-order valence-electron chi connectivity index (χ1n) is 6.99. The van der Waals surface area contributed by atoms with E-state index < -0.39 is 0 Å². The lowest BCUT2D eigenvalue weighted by molar-refractivity contribution is 0.165. The van der Waals surface area contributed by atoms with E-state index in [0.29, 0.717) is 24.0 Å². The lowest BCUT2D eigenvalue weighted by Crippen LogP contribution is -2.19. The van der Waals surface area contributed by atoms with E-state index in [0.717, 1.165) is 44.6 Å². The number of amidine groups is 1. The van der Waals surface area contributed by atoms with Gasteiger partial charge in [-0.1, -0.05) is 5.16 Å². The van der Waals surface area contributed by atoms with Gasteiger partial charge in [-0.2, -0.15) is 0 Å². The fourth-order valence-electron chi connectivity index (χ4n) is 2.71. The Morgan fingerprint density at radius 2 is 2.45 bits per heavy atom. The highest BCUT2D eigenvalue weighted by Gasteiger charge is 2.21. The molecule has 0 bridgehead atoms. The number of pyridine rings is 1. The van der Waals surface area contributed by atoms with Crippen molar-refractivity contribution in [3.05, 3.63) is 22.9 Å². The van der Waals surface area contributed by atoms with Crippen LogP contribution in [0.1, 0.15) is 29.7 Å². The molecule has 3 N–H and O–H groups in total. The van der Waals surface area contributed by atoms with Gasteiger partial charge in [-0.05, 0) is 37.3 Å². The summed E-state index contributed by atoms with van der Waals surface area (Å²) in [5, 5.41) is 12.0. The van der Waals surface area contributed by atoms with E-state index in [4.69, 9.17) is 20.4 Å². The van der Waals surface area contributed by atoms with Gasteiger partial charge < -0.3 is 20.4 Å². The first-order chi connectivity index (χ1) is 9.78. The van der Waals surface area contributed by atoms with Crippen molar-refractivity contribution in [2.75, 3.05) is 19.8 Å². The fraction of sp³-hybridized carbons (Fsp3) is 0.571. The predicted molar refractivity (Wildman–Crippen MR) is 73.2 cm³/mol. The van der Waals surface area contributed by atoms with Crippen LogP contribution in [-0.2, 0) is 17.6 Å². The fourth-order valence-corrected chi connectivity index (χ4v) is 2.71. The summed E-state index contributed by atoms with van der Waals surface area (Å²) in [5.41, 5.74) is 8.54. The number of aryl methyl sites for hydroxylation is 2. The number of nitrogens with two attached hydrogens (primary N) is 1. The lowest BCUT2D eigenvalue weighted by atomic mass is 10.1. The Morgan fingerprint density at radius 3 is 3.20 bits per heavy atom. The van der Waals surface area contributed by atoms with Gasteiger partial charge in [0.15, 0.2) is 5.84 Å². The molecular formula is C14H19N3O3. The van der Waals surface area contributed by atoms with Crippen LogP contribution in [0.5, 0.6) is 5.88 Å². The monoisotopic (exact) mass is 277 g/mol. The van der Waals surface area contributed by atoms with Crippen molar-refractivity contribution >= 4 is 5.84 Å². The Balaban J connectivity index is 1.83. The molecule has 6 heteroatoms. The minimum absolute atomic E-state index is 0.0462. The lowest BCUT2D eigenvalue weighted by Gasteiger charge is -2.14. The van der Waals surface area contributed by atoms with Gasteiger partial charge in [0.2, 0.25) is 5.88 Å². The van der Waals surface area contributed by atoms with E-state index in [1.165, 1.54) is 5.56 Å². The smallest absolute Gasteiger partial charge is 0.224 e. The Kier molecular flexibility index (Phi) is 3.73. The molecule has 0 saturated carbocycles. The van der Waals surface area contributed by atoms with Crippen molar-refractivity contribution in [2.24, 2.45) is 16.8 Å². The van der Waals surface area contributed by atoms with Gasteiger partial charge in [0.1, 0.15) is 0 Å². The molecule has 20 heavy (non-hydrogen) atoms. The molecule has 2 heterocycles. The molecule has 1 fully saturated rings. The van der Waals surface area contributed by atoms with Crippen molar-refractivity contribution in [3.63, 3.8) is 0 Å². The Bertz CT molecular complexity index is 525. The molecule has 6 nitrogen and oxygen atoms in total. The highest BCUT2D eigenvalue weighted by atomic mass is 16.5. The molecule has 1 unspecified atom stereocenters. The minimum Gasteiger partial charge on any atom is -0.477 e. The maximum atomic E-state index is 8.90. The molecule has 3 rings (SSSR count). The highest BCUT2D eigenvalue weighted by molar-refractivity contribution is 5.99. The van der Waals surface area contributed by atoms with Crippen molar-refractivity contribution in [1.82, 2.24) is 4.98 Å². The van der Waals surface area contributed by atoms with Gasteiger partial charge in [0.25, 0.3) is 0 Å². The number of oxime groups is 1. The Labute approximate surface area is 117 Å². The van der Waals surface area contributed by atoms with Gasteiger partial charge >= 0.3 is 0 Å². The maximum Gasteiger partial charge on any atom is 0.224 e. The van der Waals surface area contributed by atoms with Crippen LogP contribution < -0.4 is 10.5 Å². The highest BCUT2D eigenvalue weighted by Crippen LogP contribution is 2.27. The summed E-state index contributed by atoms with van der Waals surface area (Å²) in [6, 6.07) is 1.94. The van der Waals surface area contributed by atoms with E-state index in [9.17, 15) is 0 Å². The normalized spacial score (nSPS) is 22.0. The number of rotatable bonds is 4.